The van der Waals surface area contributed by atoms with E-state index < -0.39 is 6.43 Å². The van der Waals surface area contributed by atoms with Gasteiger partial charge in [-0.15, -0.1) is 0 Å². The second kappa shape index (κ2) is 5.17. The molecule has 0 fully saturated rings. The van der Waals surface area contributed by atoms with Crippen molar-refractivity contribution in [1.29, 1.82) is 0 Å². The summed E-state index contributed by atoms with van der Waals surface area (Å²) in [6, 6.07) is 0. The van der Waals surface area contributed by atoms with E-state index in [2.05, 4.69) is 15.5 Å². The molecule has 0 amide bonds. The van der Waals surface area contributed by atoms with E-state index in [1.807, 2.05) is 20.0 Å². The third-order valence-electron chi connectivity index (χ3n) is 3.27. The topological polar surface area (TPSA) is 47.7 Å². The first kappa shape index (κ1) is 13.6. The maximum atomic E-state index is 12.5. The molecule has 20 heavy (non-hydrogen) atoms. The molecule has 0 bridgehead atoms. The SMILES string of the molecule is Cc1nn(CC(F)F)c(C)c1Sn1cc2c(n1)CNC2. The van der Waals surface area contributed by atoms with Crippen LogP contribution in [-0.2, 0) is 19.6 Å². The molecule has 0 atom stereocenters. The molecule has 5 nitrogen and oxygen atoms in total. The fourth-order valence-corrected chi connectivity index (χ4v) is 3.21. The Balaban J connectivity index is 1.84. The Morgan fingerprint density at radius 3 is 2.85 bits per heavy atom. The van der Waals surface area contributed by atoms with Crippen LogP contribution in [0.25, 0.3) is 0 Å². The normalized spacial score (nSPS) is 14.2. The summed E-state index contributed by atoms with van der Waals surface area (Å²) in [7, 11) is 0. The number of halogens is 2. The zero-order chi connectivity index (χ0) is 14.3. The molecule has 2 aromatic heterocycles. The number of alkyl halides is 2. The van der Waals surface area contributed by atoms with E-state index in [4.69, 9.17) is 0 Å². The third kappa shape index (κ3) is 2.45. The van der Waals surface area contributed by atoms with Crippen molar-refractivity contribution in [1.82, 2.24) is 24.3 Å². The van der Waals surface area contributed by atoms with Crippen molar-refractivity contribution in [3.05, 3.63) is 28.8 Å². The molecule has 0 saturated carbocycles. The zero-order valence-electron chi connectivity index (χ0n) is 11.2. The summed E-state index contributed by atoms with van der Waals surface area (Å²) >= 11 is 1.42. The van der Waals surface area contributed by atoms with Gasteiger partial charge in [0.05, 0.1) is 22.0 Å². The van der Waals surface area contributed by atoms with Gasteiger partial charge in [-0.25, -0.2) is 12.9 Å². The molecule has 0 aliphatic carbocycles. The van der Waals surface area contributed by atoms with Gasteiger partial charge in [-0.05, 0) is 13.8 Å². The quantitative estimate of drug-likeness (QED) is 0.939. The standard InChI is InChI=1S/C12H15F2N5S/c1-7-12(8(2)18(16-7)6-11(13)14)20-19-5-9-3-15-4-10(9)17-19/h5,11,15H,3-4,6H2,1-2H3. The number of fused-ring (bicyclic) bond motifs is 1. The van der Waals surface area contributed by atoms with E-state index in [0.29, 0.717) is 0 Å². The average molecular weight is 299 g/mol. The highest BCUT2D eigenvalue weighted by Crippen LogP contribution is 2.28. The molecule has 3 heterocycles. The Labute approximate surface area is 119 Å². The van der Waals surface area contributed by atoms with Crippen LogP contribution in [0, 0.1) is 13.8 Å². The van der Waals surface area contributed by atoms with Crippen LogP contribution in [0.15, 0.2) is 11.1 Å². The van der Waals surface area contributed by atoms with Crippen molar-refractivity contribution < 1.29 is 8.78 Å². The Kier molecular flexibility index (Phi) is 3.51. The van der Waals surface area contributed by atoms with E-state index in [1.54, 1.807) is 4.09 Å². The highest BCUT2D eigenvalue weighted by atomic mass is 32.2. The van der Waals surface area contributed by atoms with Crippen LogP contribution in [0.1, 0.15) is 22.6 Å². The summed E-state index contributed by atoms with van der Waals surface area (Å²) in [4.78, 5) is 0.889. The van der Waals surface area contributed by atoms with Gasteiger partial charge in [-0.3, -0.25) is 4.68 Å². The largest absolute Gasteiger partial charge is 0.307 e. The van der Waals surface area contributed by atoms with Crippen LogP contribution < -0.4 is 5.32 Å². The summed E-state index contributed by atoms with van der Waals surface area (Å²) in [6.07, 6.45) is -0.422. The minimum absolute atomic E-state index is 0.368. The van der Waals surface area contributed by atoms with Gasteiger partial charge in [-0.1, -0.05) is 0 Å². The first-order valence-electron chi connectivity index (χ1n) is 6.33. The third-order valence-corrected chi connectivity index (χ3v) is 4.42. The van der Waals surface area contributed by atoms with E-state index in [-0.39, 0.29) is 6.54 Å². The average Bonchev–Trinajstić information content (AvgIpc) is 2.99. The van der Waals surface area contributed by atoms with E-state index in [9.17, 15) is 8.78 Å². The fraction of sp³-hybridized carbons (Fsp3) is 0.500. The molecule has 0 saturated heterocycles. The molecule has 0 unspecified atom stereocenters. The molecular formula is C12H15F2N5S. The number of nitrogens with one attached hydrogen (secondary N) is 1. The van der Waals surface area contributed by atoms with Crippen molar-refractivity contribution in [3.63, 3.8) is 0 Å². The molecule has 8 heteroatoms. The summed E-state index contributed by atoms with van der Waals surface area (Å²) < 4.78 is 28.1. The summed E-state index contributed by atoms with van der Waals surface area (Å²) in [5.74, 6) is 0. The Morgan fingerprint density at radius 1 is 1.35 bits per heavy atom. The number of rotatable bonds is 4. The van der Waals surface area contributed by atoms with Gasteiger partial charge < -0.3 is 5.32 Å². The molecule has 0 radical (unpaired) electrons. The molecule has 0 spiro atoms. The first-order valence-corrected chi connectivity index (χ1v) is 7.10. The van der Waals surface area contributed by atoms with Crippen LogP contribution >= 0.6 is 11.9 Å². The highest BCUT2D eigenvalue weighted by Gasteiger charge is 2.19. The Bertz CT molecular complexity index is 613. The minimum atomic E-state index is -2.40. The Morgan fingerprint density at radius 2 is 2.15 bits per heavy atom. The van der Waals surface area contributed by atoms with Gasteiger partial charge in [0.1, 0.15) is 6.54 Å². The summed E-state index contributed by atoms with van der Waals surface area (Å²) in [5.41, 5.74) is 3.74. The smallest absolute Gasteiger partial charge is 0.257 e. The lowest BCUT2D eigenvalue weighted by molar-refractivity contribution is 0.120. The van der Waals surface area contributed by atoms with Crippen molar-refractivity contribution in [2.45, 2.75) is 44.8 Å². The van der Waals surface area contributed by atoms with Crippen LogP contribution in [0.3, 0.4) is 0 Å². The van der Waals surface area contributed by atoms with Crippen LogP contribution in [-0.4, -0.2) is 25.4 Å². The van der Waals surface area contributed by atoms with E-state index in [0.717, 1.165) is 35.1 Å². The number of hydrogen-bond acceptors (Lipinski definition) is 4. The van der Waals surface area contributed by atoms with Gasteiger partial charge in [0.2, 0.25) is 0 Å². The highest BCUT2D eigenvalue weighted by molar-refractivity contribution is 7.97. The molecule has 1 N–H and O–H groups in total. The molecule has 1 aliphatic rings. The van der Waals surface area contributed by atoms with Gasteiger partial charge in [0.15, 0.2) is 0 Å². The number of nitrogens with zero attached hydrogens (tertiary/aromatic N) is 4. The fourth-order valence-electron chi connectivity index (χ4n) is 2.29. The zero-order valence-corrected chi connectivity index (χ0v) is 12.0. The lowest BCUT2D eigenvalue weighted by Crippen LogP contribution is -2.09. The number of aryl methyl sites for hydroxylation is 1. The second-order valence-electron chi connectivity index (χ2n) is 4.77. The van der Waals surface area contributed by atoms with Crippen LogP contribution in [0.2, 0.25) is 0 Å². The molecule has 1 aliphatic heterocycles. The maximum absolute atomic E-state index is 12.5. The van der Waals surface area contributed by atoms with Crippen LogP contribution in [0.5, 0.6) is 0 Å². The molecular weight excluding hydrogens is 284 g/mol. The lowest BCUT2D eigenvalue weighted by Gasteiger charge is -2.04. The van der Waals surface area contributed by atoms with Gasteiger partial charge in [0.25, 0.3) is 6.43 Å². The first-order chi connectivity index (χ1) is 9.54. The Hall–Kier alpha value is -1.41. The molecule has 108 valence electrons. The molecule has 3 rings (SSSR count). The maximum Gasteiger partial charge on any atom is 0.257 e. The van der Waals surface area contributed by atoms with Gasteiger partial charge in [0, 0.05) is 36.8 Å². The second-order valence-corrected chi connectivity index (χ2v) is 5.74. The van der Waals surface area contributed by atoms with E-state index in [1.165, 1.54) is 22.2 Å². The van der Waals surface area contributed by atoms with Crippen molar-refractivity contribution >= 4 is 11.9 Å². The number of hydrogen-bond donors (Lipinski definition) is 1. The monoisotopic (exact) mass is 299 g/mol. The molecule has 2 aromatic rings. The predicted molar refractivity (Wildman–Crippen MR) is 71.7 cm³/mol. The number of aromatic nitrogens is 4. The van der Waals surface area contributed by atoms with Crippen molar-refractivity contribution in [2.24, 2.45) is 0 Å². The van der Waals surface area contributed by atoms with Gasteiger partial charge in [-0.2, -0.15) is 10.2 Å². The van der Waals surface area contributed by atoms with Gasteiger partial charge >= 0.3 is 0 Å². The molecule has 0 aromatic carbocycles. The van der Waals surface area contributed by atoms with Crippen molar-refractivity contribution in [2.75, 3.05) is 0 Å². The summed E-state index contributed by atoms with van der Waals surface area (Å²) in [5, 5.41) is 11.9. The predicted octanol–water partition coefficient (Wildman–Crippen LogP) is 2.12. The summed E-state index contributed by atoms with van der Waals surface area (Å²) in [6.45, 7) is 4.89. The van der Waals surface area contributed by atoms with Crippen molar-refractivity contribution in [3.8, 4) is 0 Å². The van der Waals surface area contributed by atoms with E-state index >= 15 is 0 Å². The lowest BCUT2D eigenvalue weighted by atomic mass is 10.3. The minimum Gasteiger partial charge on any atom is -0.307 e. The van der Waals surface area contributed by atoms with Crippen LogP contribution in [0.4, 0.5) is 8.78 Å².